The van der Waals surface area contributed by atoms with Gasteiger partial charge in [0.2, 0.25) is 0 Å². The monoisotopic (exact) mass is 223 g/mol. The lowest BCUT2D eigenvalue weighted by Gasteiger charge is -2.22. The first-order chi connectivity index (χ1) is 7.71. The second-order valence-corrected chi connectivity index (χ2v) is 4.46. The van der Waals surface area contributed by atoms with Crippen molar-refractivity contribution < 1.29 is 0 Å². The van der Waals surface area contributed by atoms with Gasteiger partial charge >= 0.3 is 0 Å². The minimum absolute atomic E-state index is 0.620. The molecule has 92 valence electrons. The van der Waals surface area contributed by atoms with Crippen LogP contribution in [-0.2, 0) is 13.0 Å². The summed E-state index contributed by atoms with van der Waals surface area (Å²) in [6, 6.07) is 0.620. The molecule has 0 bridgehead atoms. The van der Waals surface area contributed by atoms with Gasteiger partial charge < -0.3 is 5.32 Å². The quantitative estimate of drug-likeness (QED) is 0.769. The van der Waals surface area contributed by atoms with Crippen molar-refractivity contribution in [3.8, 4) is 0 Å². The summed E-state index contributed by atoms with van der Waals surface area (Å²) in [6.45, 7) is 10.9. The summed E-state index contributed by atoms with van der Waals surface area (Å²) >= 11 is 0. The molecule has 0 saturated carbocycles. The molecule has 1 N–H and O–H groups in total. The van der Waals surface area contributed by atoms with Crippen molar-refractivity contribution in [3.05, 3.63) is 18.0 Å². The predicted molar refractivity (Wildman–Crippen MR) is 68.5 cm³/mol. The van der Waals surface area contributed by atoms with E-state index >= 15 is 0 Å². The molecule has 1 aromatic rings. The summed E-state index contributed by atoms with van der Waals surface area (Å²) in [6.07, 6.45) is 6.47. The smallest absolute Gasteiger partial charge is 0.0521 e. The molecule has 1 rings (SSSR count). The SMILES string of the molecule is CCNC(CC)C(C)Cc1cnn(CC)c1. The van der Waals surface area contributed by atoms with Crippen molar-refractivity contribution in [2.75, 3.05) is 6.54 Å². The van der Waals surface area contributed by atoms with Gasteiger partial charge in [-0.25, -0.2) is 0 Å². The molecule has 3 heteroatoms. The molecule has 0 fully saturated rings. The average Bonchev–Trinajstić information content (AvgIpc) is 2.73. The standard InChI is InChI=1S/C13H25N3/c1-5-13(14-6-2)11(4)8-12-9-15-16(7-3)10-12/h9-11,13-14H,5-8H2,1-4H3. The molecular weight excluding hydrogens is 198 g/mol. The summed E-state index contributed by atoms with van der Waals surface area (Å²) in [4.78, 5) is 0. The average molecular weight is 223 g/mol. The van der Waals surface area contributed by atoms with Gasteiger partial charge in [0.1, 0.15) is 0 Å². The molecule has 1 aromatic heterocycles. The van der Waals surface area contributed by atoms with Gasteiger partial charge in [-0.2, -0.15) is 5.10 Å². The first-order valence-corrected chi connectivity index (χ1v) is 6.45. The second-order valence-electron chi connectivity index (χ2n) is 4.46. The third-order valence-corrected chi connectivity index (χ3v) is 3.16. The number of nitrogens with zero attached hydrogens (tertiary/aromatic N) is 2. The highest BCUT2D eigenvalue weighted by molar-refractivity contribution is 5.05. The minimum Gasteiger partial charge on any atom is -0.314 e. The molecule has 0 radical (unpaired) electrons. The zero-order valence-electron chi connectivity index (χ0n) is 11.0. The molecule has 0 aliphatic carbocycles. The summed E-state index contributed by atoms with van der Waals surface area (Å²) in [5.41, 5.74) is 1.35. The van der Waals surface area contributed by atoms with Crippen LogP contribution >= 0.6 is 0 Å². The Morgan fingerprint density at radius 1 is 1.38 bits per heavy atom. The third-order valence-electron chi connectivity index (χ3n) is 3.16. The Bertz CT molecular complexity index is 293. The molecule has 0 aliphatic rings. The molecule has 0 saturated heterocycles. The van der Waals surface area contributed by atoms with Gasteiger partial charge in [0, 0.05) is 18.8 Å². The number of nitrogens with one attached hydrogen (secondary N) is 1. The molecular formula is C13H25N3. The summed E-state index contributed by atoms with van der Waals surface area (Å²) in [7, 11) is 0. The lowest BCUT2D eigenvalue weighted by Crippen LogP contribution is -2.35. The molecule has 2 atom stereocenters. The molecule has 0 aliphatic heterocycles. The van der Waals surface area contributed by atoms with Crippen LogP contribution in [0, 0.1) is 5.92 Å². The van der Waals surface area contributed by atoms with Crippen LogP contribution in [0.1, 0.15) is 39.7 Å². The highest BCUT2D eigenvalue weighted by atomic mass is 15.3. The zero-order valence-corrected chi connectivity index (χ0v) is 11.0. The molecule has 3 nitrogen and oxygen atoms in total. The van der Waals surface area contributed by atoms with Gasteiger partial charge in [0.25, 0.3) is 0 Å². The Hall–Kier alpha value is -0.830. The normalized spacial score (nSPS) is 15.0. The van der Waals surface area contributed by atoms with Crippen LogP contribution in [0.5, 0.6) is 0 Å². The van der Waals surface area contributed by atoms with Gasteiger partial charge in [-0.1, -0.05) is 20.8 Å². The Labute approximate surface area is 99.2 Å². The van der Waals surface area contributed by atoms with Crippen LogP contribution < -0.4 is 5.32 Å². The van der Waals surface area contributed by atoms with Crippen molar-refractivity contribution in [2.45, 2.75) is 53.1 Å². The molecule has 0 aromatic carbocycles. The van der Waals surface area contributed by atoms with Crippen molar-refractivity contribution in [3.63, 3.8) is 0 Å². The van der Waals surface area contributed by atoms with Crippen molar-refractivity contribution in [1.82, 2.24) is 15.1 Å². The van der Waals surface area contributed by atoms with E-state index < -0.39 is 0 Å². The van der Waals surface area contributed by atoms with Crippen molar-refractivity contribution in [1.29, 1.82) is 0 Å². The van der Waals surface area contributed by atoms with E-state index in [1.165, 1.54) is 12.0 Å². The Balaban J connectivity index is 2.51. The number of aryl methyl sites for hydroxylation is 1. The first kappa shape index (κ1) is 13.2. The molecule has 2 unspecified atom stereocenters. The zero-order chi connectivity index (χ0) is 12.0. The maximum atomic E-state index is 4.32. The summed E-state index contributed by atoms with van der Waals surface area (Å²) < 4.78 is 2.00. The van der Waals surface area contributed by atoms with Crippen molar-refractivity contribution >= 4 is 0 Å². The number of aromatic nitrogens is 2. The van der Waals surface area contributed by atoms with E-state index in [-0.39, 0.29) is 0 Å². The highest BCUT2D eigenvalue weighted by Crippen LogP contribution is 2.14. The van der Waals surface area contributed by atoms with Gasteiger partial charge in [-0.15, -0.1) is 0 Å². The fourth-order valence-electron chi connectivity index (χ4n) is 2.21. The van der Waals surface area contributed by atoms with E-state index in [0.717, 1.165) is 19.5 Å². The lowest BCUT2D eigenvalue weighted by atomic mass is 9.93. The summed E-state index contributed by atoms with van der Waals surface area (Å²) in [5.74, 6) is 0.666. The fourth-order valence-corrected chi connectivity index (χ4v) is 2.21. The lowest BCUT2D eigenvalue weighted by molar-refractivity contribution is 0.371. The van der Waals surface area contributed by atoms with Crippen molar-refractivity contribution in [2.24, 2.45) is 5.92 Å². The molecule has 16 heavy (non-hydrogen) atoms. The second kappa shape index (κ2) is 6.69. The topological polar surface area (TPSA) is 29.9 Å². The van der Waals surface area contributed by atoms with Crippen LogP contribution in [0.4, 0.5) is 0 Å². The number of rotatable bonds is 7. The van der Waals surface area contributed by atoms with E-state index in [1.807, 2.05) is 10.9 Å². The summed E-state index contributed by atoms with van der Waals surface area (Å²) in [5, 5.41) is 7.86. The Morgan fingerprint density at radius 3 is 2.62 bits per heavy atom. The maximum absolute atomic E-state index is 4.32. The van der Waals surface area contributed by atoms with Crippen LogP contribution in [0.2, 0.25) is 0 Å². The van der Waals surface area contributed by atoms with Crippen LogP contribution in [-0.4, -0.2) is 22.4 Å². The van der Waals surface area contributed by atoms with Gasteiger partial charge in [0.05, 0.1) is 6.20 Å². The third kappa shape index (κ3) is 3.63. The first-order valence-electron chi connectivity index (χ1n) is 6.45. The van der Waals surface area contributed by atoms with Crippen LogP contribution in [0.15, 0.2) is 12.4 Å². The Morgan fingerprint density at radius 2 is 2.12 bits per heavy atom. The number of hydrogen-bond donors (Lipinski definition) is 1. The largest absolute Gasteiger partial charge is 0.314 e. The van der Waals surface area contributed by atoms with E-state index in [4.69, 9.17) is 0 Å². The minimum atomic E-state index is 0.620. The van der Waals surface area contributed by atoms with Gasteiger partial charge in [0.15, 0.2) is 0 Å². The van der Waals surface area contributed by atoms with Gasteiger partial charge in [-0.3, -0.25) is 4.68 Å². The van der Waals surface area contributed by atoms with E-state index in [1.54, 1.807) is 0 Å². The van der Waals surface area contributed by atoms with Crippen LogP contribution in [0.3, 0.4) is 0 Å². The van der Waals surface area contributed by atoms with E-state index in [9.17, 15) is 0 Å². The van der Waals surface area contributed by atoms with Gasteiger partial charge in [-0.05, 0) is 37.8 Å². The maximum Gasteiger partial charge on any atom is 0.0521 e. The molecule has 1 heterocycles. The van der Waals surface area contributed by atoms with Crippen LogP contribution in [0.25, 0.3) is 0 Å². The highest BCUT2D eigenvalue weighted by Gasteiger charge is 2.15. The molecule has 0 spiro atoms. The molecule has 0 amide bonds. The Kier molecular flexibility index (Phi) is 5.53. The fraction of sp³-hybridized carbons (Fsp3) is 0.769. The number of hydrogen-bond acceptors (Lipinski definition) is 2. The van der Waals surface area contributed by atoms with E-state index in [2.05, 4.69) is 44.3 Å². The van der Waals surface area contributed by atoms with E-state index in [0.29, 0.717) is 12.0 Å². The predicted octanol–water partition coefficient (Wildman–Crippen LogP) is 2.47.